The summed E-state index contributed by atoms with van der Waals surface area (Å²) in [6.07, 6.45) is 0. The summed E-state index contributed by atoms with van der Waals surface area (Å²) in [6.45, 7) is 4.36. The van der Waals surface area contributed by atoms with Crippen molar-refractivity contribution in [2.45, 2.75) is 13.8 Å². The summed E-state index contributed by atoms with van der Waals surface area (Å²) in [5, 5.41) is 0.717. The molecule has 0 fully saturated rings. The van der Waals surface area contributed by atoms with E-state index in [4.69, 9.17) is 13.9 Å². The molecule has 0 saturated heterocycles. The molecule has 1 aromatic carbocycles. The highest BCUT2D eigenvalue weighted by atomic mass is 16.6. The van der Waals surface area contributed by atoms with Crippen LogP contribution >= 0.6 is 0 Å². The van der Waals surface area contributed by atoms with Gasteiger partial charge in [0.15, 0.2) is 5.56 Å². The average molecular weight is 234 g/mol. The minimum absolute atomic E-state index is 0.229. The molecule has 1 heterocycles. The summed E-state index contributed by atoms with van der Waals surface area (Å²) < 4.78 is 15.8. The summed E-state index contributed by atoms with van der Waals surface area (Å²) in [4.78, 5) is 11.9. The molecule has 0 radical (unpaired) electrons. The van der Waals surface area contributed by atoms with Gasteiger partial charge < -0.3 is 13.9 Å². The number of furan rings is 1. The highest BCUT2D eigenvalue weighted by Gasteiger charge is 2.22. The van der Waals surface area contributed by atoms with Gasteiger partial charge in [-0.05, 0) is 19.9 Å². The predicted octanol–water partition coefficient (Wildman–Crippen LogP) is 3.01. The maximum atomic E-state index is 11.9. The van der Waals surface area contributed by atoms with Crippen LogP contribution in [-0.2, 0) is 4.74 Å². The van der Waals surface area contributed by atoms with Crippen molar-refractivity contribution in [3.05, 3.63) is 29.8 Å². The van der Waals surface area contributed by atoms with Crippen LogP contribution in [0.15, 0.2) is 28.7 Å². The largest absolute Gasteiger partial charge is 0.465 e. The fraction of sp³-hybridized carbons (Fsp3) is 0.308. The Morgan fingerprint density at radius 2 is 2.00 bits per heavy atom. The van der Waals surface area contributed by atoms with E-state index in [1.165, 1.54) is 0 Å². The molecule has 2 aromatic rings. The number of rotatable bonds is 4. The quantitative estimate of drug-likeness (QED) is 0.763. The third-order valence-corrected chi connectivity index (χ3v) is 2.32. The number of para-hydroxylation sites is 1. The van der Waals surface area contributed by atoms with Crippen LogP contribution in [0.1, 0.15) is 24.2 Å². The Labute approximate surface area is 99.1 Å². The summed E-state index contributed by atoms with van der Waals surface area (Å²) in [5.74, 6) is -0.187. The van der Waals surface area contributed by atoms with E-state index in [0.29, 0.717) is 24.4 Å². The van der Waals surface area contributed by atoms with Crippen molar-refractivity contribution in [1.29, 1.82) is 0 Å². The van der Waals surface area contributed by atoms with Gasteiger partial charge in [0.1, 0.15) is 5.58 Å². The minimum Gasteiger partial charge on any atom is -0.465 e. The fourth-order valence-electron chi connectivity index (χ4n) is 1.65. The van der Waals surface area contributed by atoms with E-state index in [-0.39, 0.29) is 5.95 Å². The molecule has 0 amide bonds. The molecule has 0 saturated carbocycles. The molecule has 0 atom stereocenters. The van der Waals surface area contributed by atoms with Crippen molar-refractivity contribution in [3.63, 3.8) is 0 Å². The Hall–Kier alpha value is -1.97. The maximum Gasteiger partial charge on any atom is 0.346 e. The molecule has 0 spiro atoms. The Morgan fingerprint density at radius 1 is 1.24 bits per heavy atom. The number of hydrogen-bond acceptors (Lipinski definition) is 4. The molecule has 17 heavy (non-hydrogen) atoms. The lowest BCUT2D eigenvalue weighted by Crippen LogP contribution is -2.06. The highest BCUT2D eigenvalue weighted by Crippen LogP contribution is 2.32. The Kier molecular flexibility index (Phi) is 3.32. The molecule has 2 rings (SSSR count). The van der Waals surface area contributed by atoms with Gasteiger partial charge in [0, 0.05) is 5.39 Å². The molecular weight excluding hydrogens is 220 g/mol. The first kappa shape index (κ1) is 11.5. The van der Waals surface area contributed by atoms with Gasteiger partial charge in [0.05, 0.1) is 13.2 Å². The molecule has 90 valence electrons. The van der Waals surface area contributed by atoms with E-state index in [9.17, 15) is 4.79 Å². The normalized spacial score (nSPS) is 10.5. The number of benzene rings is 1. The van der Waals surface area contributed by atoms with Crippen LogP contribution in [-0.4, -0.2) is 19.2 Å². The zero-order valence-corrected chi connectivity index (χ0v) is 9.86. The van der Waals surface area contributed by atoms with Gasteiger partial charge in [-0.25, -0.2) is 4.79 Å². The second kappa shape index (κ2) is 4.91. The highest BCUT2D eigenvalue weighted by molar-refractivity contribution is 6.05. The van der Waals surface area contributed by atoms with Crippen LogP contribution in [0.5, 0.6) is 5.95 Å². The van der Waals surface area contributed by atoms with Crippen LogP contribution in [0.25, 0.3) is 11.0 Å². The van der Waals surface area contributed by atoms with Crippen LogP contribution in [0.2, 0.25) is 0 Å². The lowest BCUT2D eigenvalue weighted by Gasteiger charge is -2.02. The monoisotopic (exact) mass is 234 g/mol. The summed E-state index contributed by atoms with van der Waals surface area (Å²) in [6, 6.07) is 7.29. The predicted molar refractivity (Wildman–Crippen MR) is 63.3 cm³/mol. The number of esters is 1. The van der Waals surface area contributed by atoms with Crippen molar-refractivity contribution < 1.29 is 18.7 Å². The first-order valence-corrected chi connectivity index (χ1v) is 5.59. The fourth-order valence-corrected chi connectivity index (χ4v) is 1.65. The third-order valence-electron chi connectivity index (χ3n) is 2.32. The van der Waals surface area contributed by atoms with E-state index >= 15 is 0 Å². The van der Waals surface area contributed by atoms with Gasteiger partial charge in [0.2, 0.25) is 0 Å². The SMILES string of the molecule is CCOC(=O)c1c(OCC)oc2ccccc12. The lowest BCUT2D eigenvalue weighted by molar-refractivity contribution is 0.0521. The average Bonchev–Trinajstić information content (AvgIpc) is 2.67. The molecule has 0 unspecified atom stereocenters. The van der Waals surface area contributed by atoms with E-state index in [1.807, 2.05) is 25.1 Å². The lowest BCUT2D eigenvalue weighted by atomic mass is 10.2. The Morgan fingerprint density at radius 3 is 2.71 bits per heavy atom. The molecule has 4 nitrogen and oxygen atoms in total. The maximum absolute atomic E-state index is 11.9. The second-order valence-corrected chi connectivity index (χ2v) is 3.41. The molecule has 0 bridgehead atoms. The van der Waals surface area contributed by atoms with Gasteiger partial charge in [-0.2, -0.15) is 0 Å². The molecule has 0 aliphatic rings. The number of carbonyl (C=O) groups is 1. The van der Waals surface area contributed by atoms with E-state index < -0.39 is 5.97 Å². The van der Waals surface area contributed by atoms with Gasteiger partial charge in [-0.1, -0.05) is 18.2 Å². The van der Waals surface area contributed by atoms with Crippen molar-refractivity contribution in [2.75, 3.05) is 13.2 Å². The molecule has 0 aliphatic heterocycles. The minimum atomic E-state index is -0.416. The Bertz CT molecular complexity index is 527. The first-order chi connectivity index (χ1) is 8.27. The number of carbonyl (C=O) groups excluding carboxylic acids is 1. The van der Waals surface area contributed by atoms with Crippen LogP contribution < -0.4 is 4.74 Å². The van der Waals surface area contributed by atoms with E-state index in [0.717, 1.165) is 5.39 Å². The molecule has 4 heteroatoms. The zero-order valence-electron chi connectivity index (χ0n) is 9.86. The van der Waals surface area contributed by atoms with Crippen molar-refractivity contribution in [2.24, 2.45) is 0 Å². The topological polar surface area (TPSA) is 48.7 Å². The summed E-state index contributed by atoms with van der Waals surface area (Å²) in [5.41, 5.74) is 0.989. The number of ether oxygens (including phenoxy) is 2. The molecule has 0 N–H and O–H groups in total. The number of hydrogen-bond donors (Lipinski definition) is 0. The van der Waals surface area contributed by atoms with Crippen LogP contribution in [0.4, 0.5) is 0 Å². The standard InChI is InChI=1S/C13H14O4/c1-3-15-12(14)11-9-7-5-6-8-10(9)17-13(11)16-4-2/h5-8H,3-4H2,1-2H3. The van der Waals surface area contributed by atoms with Crippen molar-refractivity contribution >= 4 is 16.9 Å². The zero-order chi connectivity index (χ0) is 12.3. The van der Waals surface area contributed by atoms with Crippen LogP contribution in [0, 0.1) is 0 Å². The molecule has 0 aliphatic carbocycles. The molecule has 1 aromatic heterocycles. The van der Waals surface area contributed by atoms with E-state index in [1.54, 1.807) is 13.0 Å². The number of fused-ring (bicyclic) bond motifs is 1. The summed E-state index contributed by atoms with van der Waals surface area (Å²) >= 11 is 0. The van der Waals surface area contributed by atoms with Gasteiger partial charge in [-0.3, -0.25) is 0 Å². The van der Waals surface area contributed by atoms with Gasteiger partial charge in [-0.15, -0.1) is 0 Å². The van der Waals surface area contributed by atoms with Crippen molar-refractivity contribution in [3.8, 4) is 5.95 Å². The third kappa shape index (κ3) is 2.11. The second-order valence-electron chi connectivity index (χ2n) is 3.41. The van der Waals surface area contributed by atoms with E-state index in [2.05, 4.69) is 0 Å². The Balaban J connectivity index is 2.55. The first-order valence-electron chi connectivity index (χ1n) is 5.59. The smallest absolute Gasteiger partial charge is 0.346 e. The van der Waals surface area contributed by atoms with Gasteiger partial charge >= 0.3 is 11.9 Å². The summed E-state index contributed by atoms with van der Waals surface area (Å²) in [7, 11) is 0. The van der Waals surface area contributed by atoms with Crippen molar-refractivity contribution in [1.82, 2.24) is 0 Å². The van der Waals surface area contributed by atoms with Gasteiger partial charge in [0.25, 0.3) is 0 Å². The van der Waals surface area contributed by atoms with Crippen LogP contribution in [0.3, 0.4) is 0 Å². The molecular formula is C13H14O4.